The van der Waals surface area contributed by atoms with Gasteiger partial charge in [0.2, 0.25) is 0 Å². The van der Waals surface area contributed by atoms with Crippen molar-refractivity contribution in [3.05, 3.63) is 182 Å². The lowest BCUT2D eigenvalue weighted by Crippen LogP contribution is -2.40. The molecule has 0 aliphatic carbocycles. The summed E-state index contributed by atoms with van der Waals surface area (Å²) in [4.78, 5) is 37.6. The lowest BCUT2D eigenvalue weighted by molar-refractivity contribution is -0.870. The van der Waals surface area contributed by atoms with E-state index in [-0.39, 0.29) is 38.6 Å². The highest BCUT2D eigenvalue weighted by Crippen LogP contribution is 2.15. The van der Waals surface area contributed by atoms with E-state index in [0.29, 0.717) is 17.4 Å². The van der Waals surface area contributed by atoms with Crippen LogP contribution < -0.4 is 0 Å². The fourth-order valence-electron chi connectivity index (χ4n) is 9.18. The molecule has 0 aliphatic heterocycles. The fourth-order valence-corrected chi connectivity index (χ4v) is 9.18. The molecule has 0 aromatic carbocycles. The molecule has 9 nitrogen and oxygen atoms in total. The minimum Gasteiger partial charge on any atom is -0.477 e. The maximum atomic E-state index is 12.9. The van der Waals surface area contributed by atoms with Gasteiger partial charge in [-0.25, -0.2) is 4.79 Å². The van der Waals surface area contributed by atoms with Crippen LogP contribution in [-0.4, -0.2) is 87.4 Å². The summed E-state index contributed by atoms with van der Waals surface area (Å²) in [6.45, 7) is 4.70. The van der Waals surface area contributed by atoms with Crippen LogP contribution in [0.2, 0.25) is 0 Å². The largest absolute Gasteiger partial charge is 0.477 e. The van der Waals surface area contributed by atoms with E-state index >= 15 is 0 Å². The molecule has 0 amide bonds. The van der Waals surface area contributed by atoms with Crippen molar-refractivity contribution in [2.75, 3.05) is 47.5 Å². The van der Waals surface area contributed by atoms with E-state index in [0.717, 1.165) is 148 Å². The number of carboxylic acids is 1. The highest BCUT2D eigenvalue weighted by Gasteiger charge is 2.25. The Morgan fingerprint density at radius 1 is 0.341 bits per heavy atom. The second-order valence-electron chi connectivity index (χ2n) is 24.5. The van der Waals surface area contributed by atoms with Crippen LogP contribution in [0.4, 0.5) is 0 Å². The molecule has 0 fully saturated rings. The summed E-state index contributed by atoms with van der Waals surface area (Å²) in [5.41, 5.74) is 0. The molecule has 0 aromatic heterocycles. The van der Waals surface area contributed by atoms with Crippen molar-refractivity contribution in [3.63, 3.8) is 0 Å². The van der Waals surface area contributed by atoms with Gasteiger partial charge in [0.1, 0.15) is 13.2 Å². The van der Waals surface area contributed by atoms with Crippen molar-refractivity contribution in [3.8, 4) is 0 Å². The molecule has 2 atom stereocenters. The number of carbonyl (C=O) groups excluding carboxylic acids is 2. The van der Waals surface area contributed by atoms with Crippen LogP contribution in [0, 0.1) is 0 Å². The second kappa shape index (κ2) is 70.3. The predicted octanol–water partition coefficient (Wildman–Crippen LogP) is 22.8. The Labute approximate surface area is 558 Å². The maximum absolute atomic E-state index is 12.9. The lowest BCUT2D eigenvalue weighted by Gasteiger charge is -2.25. The number of carboxylic acid groups (broad SMARTS) is 1. The minimum absolute atomic E-state index is 0.172. The molecular weight excluding hydrogens is 1130 g/mol. The molecule has 9 heteroatoms. The number of hydrogen-bond donors (Lipinski definition) is 1. The van der Waals surface area contributed by atoms with E-state index in [4.69, 9.17) is 18.9 Å². The van der Waals surface area contributed by atoms with Gasteiger partial charge in [-0.05, 0) is 141 Å². The quantitative estimate of drug-likeness (QED) is 0.0211. The van der Waals surface area contributed by atoms with E-state index in [9.17, 15) is 19.5 Å². The maximum Gasteiger partial charge on any atom is 0.361 e. The van der Waals surface area contributed by atoms with E-state index < -0.39 is 24.3 Å². The number of quaternary nitrogens is 1. The van der Waals surface area contributed by atoms with Gasteiger partial charge in [0.05, 0.1) is 34.4 Å². The predicted molar refractivity (Wildman–Crippen MR) is 391 cm³/mol. The Bertz CT molecular complexity index is 2150. The summed E-state index contributed by atoms with van der Waals surface area (Å²) in [5, 5.41) is 9.75. The summed E-state index contributed by atoms with van der Waals surface area (Å²) in [5.74, 6) is -2.06. The van der Waals surface area contributed by atoms with Crippen molar-refractivity contribution in [2.45, 2.75) is 270 Å². The van der Waals surface area contributed by atoms with Gasteiger partial charge in [0, 0.05) is 12.8 Å². The number of hydrogen-bond acceptors (Lipinski definition) is 7. The molecule has 0 bridgehead atoms. The van der Waals surface area contributed by atoms with Crippen LogP contribution in [0.1, 0.15) is 258 Å². The van der Waals surface area contributed by atoms with Crippen LogP contribution in [0.3, 0.4) is 0 Å². The van der Waals surface area contributed by atoms with Crippen LogP contribution >= 0.6 is 0 Å². The SMILES string of the molecule is CC/C=C\C/C=C\C/C=C\C/C=C\C/C=C\C/C=C\C/C=C\C/C=C\C/C=C\C/C=C\C/C=C\C/C=C\CCCCCCC(=O)OC(COC(=O)CCCCCCCCCCCC/C=C\C/C=C\C/C=C\CCCCCCC)COC(OCC[N+](C)(C)C)C(=O)O. The summed E-state index contributed by atoms with van der Waals surface area (Å²) in [6.07, 6.45) is 104. The van der Waals surface area contributed by atoms with E-state index in [1.165, 1.54) is 77.0 Å². The molecule has 0 heterocycles. The first kappa shape index (κ1) is 85.4. The Kier molecular flexibility index (Phi) is 65.9. The molecule has 0 spiro atoms. The van der Waals surface area contributed by atoms with Crippen molar-refractivity contribution in [2.24, 2.45) is 0 Å². The normalized spacial score (nSPS) is 13.8. The molecule has 0 aromatic rings. The standard InChI is InChI=1S/C82H131NO8/c1-6-8-10-12-14-16-18-20-22-24-26-28-30-32-33-34-35-36-37-38-39-40-41-42-43-44-45-46-47-49-51-53-55-57-59-61-63-65-67-69-71-73-80(85)91-78(77-90-82(81(86)87)88-75-74-83(3,4)5)76-89-79(84)72-70-68-66-64-62-60-58-56-54-52-50-48-31-29-27-25-23-21-19-17-15-13-11-9-7-2/h8,10,14,16,19-22,25-28,31-33,35-36,38-39,41-42,44-45,47-49,53,55,59,61,78,82H,6-7,9,11-13,15,17-18,23-24,29-30,34,37,40,43,46,50-52,54,56-58,60,62-77H2,1-5H3/p+1/b10-8-,16-14-,21-19-,22-20-,27-25-,28-26-,33-32-,36-35-,39-38-,42-41-,45-44-,48-31-,49-47-,55-53-,61-59-. The molecule has 0 rings (SSSR count). The number of aliphatic carboxylic acids is 1. The zero-order chi connectivity index (χ0) is 66.1. The van der Waals surface area contributed by atoms with Gasteiger partial charge in [-0.15, -0.1) is 0 Å². The summed E-state index contributed by atoms with van der Waals surface area (Å²) < 4.78 is 22.9. The number of allylic oxidation sites excluding steroid dienone is 30. The molecule has 0 saturated heterocycles. The van der Waals surface area contributed by atoms with Crippen LogP contribution in [0.25, 0.3) is 0 Å². The number of ether oxygens (including phenoxy) is 4. The molecular formula is C82H132NO8+. The van der Waals surface area contributed by atoms with Gasteiger partial charge in [-0.1, -0.05) is 286 Å². The van der Waals surface area contributed by atoms with Gasteiger partial charge in [-0.3, -0.25) is 9.59 Å². The van der Waals surface area contributed by atoms with Crippen molar-refractivity contribution >= 4 is 17.9 Å². The number of rotatable bonds is 64. The topological polar surface area (TPSA) is 108 Å². The molecule has 91 heavy (non-hydrogen) atoms. The number of esters is 2. The van der Waals surface area contributed by atoms with Gasteiger partial charge in [0.25, 0.3) is 6.29 Å². The van der Waals surface area contributed by atoms with Gasteiger partial charge in [-0.2, -0.15) is 0 Å². The molecule has 0 aliphatic rings. The average Bonchev–Trinajstić information content (AvgIpc) is 3.53. The fraction of sp³-hybridized carbons (Fsp3) is 0.598. The van der Waals surface area contributed by atoms with Crippen molar-refractivity contribution in [1.29, 1.82) is 0 Å². The average molecular weight is 1260 g/mol. The Morgan fingerprint density at radius 3 is 0.934 bits per heavy atom. The summed E-state index contributed by atoms with van der Waals surface area (Å²) >= 11 is 0. The number of carbonyl (C=O) groups is 3. The van der Waals surface area contributed by atoms with Gasteiger partial charge in [0.15, 0.2) is 6.10 Å². The Morgan fingerprint density at radius 2 is 0.626 bits per heavy atom. The third-order valence-electron chi connectivity index (χ3n) is 14.6. The number of likely N-dealkylation sites (N-methyl/N-ethyl adjacent to an activating group) is 1. The number of nitrogens with zero attached hydrogens (tertiary/aromatic N) is 1. The van der Waals surface area contributed by atoms with Gasteiger partial charge < -0.3 is 28.5 Å². The van der Waals surface area contributed by atoms with Crippen LogP contribution in [-0.2, 0) is 33.3 Å². The molecule has 2 unspecified atom stereocenters. The molecule has 512 valence electrons. The first-order valence-electron chi connectivity index (χ1n) is 35.9. The highest BCUT2D eigenvalue weighted by molar-refractivity contribution is 5.71. The van der Waals surface area contributed by atoms with E-state index in [1.807, 2.05) is 21.1 Å². The van der Waals surface area contributed by atoms with Gasteiger partial charge >= 0.3 is 17.9 Å². The highest BCUT2D eigenvalue weighted by atomic mass is 16.7. The first-order valence-corrected chi connectivity index (χ1v) is 35.9. The number of unbranched alkanes of at least 4 members (excludes halogenated alkanes) is 19. The van der Waals surface area contributed by atoms with E-state index in [1.54, 1.807) is 0 Å². The Hall–Kier alpha value is -5.61. The van der Waals surface area contributed by atoms with Crippen LogP contribution in [0.5, 0.6) is 0 Å². The zero-order valence-electron chi connectivity index (χ0n) is 58.4. The van der Waals surface area contributed by atoms with Crippen LogP contribution in [0.15, 0.2) is 182 Å². The summed E-state index contributed by atoms with van der Waals surface area (Å²) in [6, 6.07) is 0. The van der Waals surface area contributed by atoms with E-state index in [2.05, 4.69) is 196 Å². The second-order valence-corrected chi connectivity index (χ2v) is 24.5. The first-order chi connectivity index (χ1) is 44.6. The molecule has 1 N–H and O–H groups in total. The zero-order valence-corrected chi connectivity index (χ0v) is 58.4. The minimum atomic E-state index is -1.53. The van der Waals surface area contributed by atoms with Crippen molar-refractivity contribution in [1.82, 2.24) is 0 Å². The third kappa shape index (κ3) is 71.7. The lowest BCUT2D eigenvalue weighted by atomic mass is 10.1. The summed E-state index contributed by atoms with van der Waals surface area (Å²) in [7, 11) is 5.95. The molecule has 0 radical (unpaired) electrons. The Balaban J connectivity index is 4.25. The van der Waals surface area contributed by atoms with Crippen molar-refractivity contribution < 1.29 is 42.9 Å². The third-order valence-corrected chi connectivity index (χ3v) is 14.6. The monoisotopic (exact) mass is 1260 g/mol. The smallest absolute Gasteiger partial charge is 0.361 e. The molecule has 0 saturated carbocycles.